The van der Waals surface area contributed by atoms with Gasteiger partial charge in [0.2, 0.25) is 10.0 Å². The number of piperidine rings is 1. The van der Waals surface area contributed by atoms with Crippen molar-refractivity contribution < 1.29 is 8.42 Å². The predicted octanol–water partition coefficient (Wildman–Crippen LogP) is 2.21. The molecule has 0 aliphatic carbocycles. The SMILES string of the molecule is NC1CCN(S(=O)(=O)c2ccc(Cl)cc2Br)CC1. The van der Waals surface area contributed by atoms with E-state index in [-0.39, 0.29) is 10.9 Å². The molecule has 1 aliphatic rings. The highest BCUT2D eigenvalue weighted by Crippen LogP contribution is 2.29. The molecule has 100 valence electrons. The maximum absolute atomic E-state index is 12.4. The second-order valence-corrected chi connectivity index (χ2v) is 7.51. The molecule has 1 saturated heterocycles. The number of rotatable bonds is 2. The summed E-state index contributed by atoms with van der Waals surface area (Å²) in [6, 6.07) is 4.79. The molecule has 4 nitrogen and oxygen atoms in total. The third-order valence-corrected chi connectivity index (χ3v) is 6.12. The molecule has 18 heavy (non-hydrogen) atoms. The zero-order chi connectivity index (χ0) is 13.3. The van der Waals surface area contributed by atoms with E-state index in [1.165, 1.54) is 10.4 Å². The van der Waals surface area contributed by atoms with Crippen molar-refractivity contribution in [2.75, 3.05) is 13.1 Å². The zero-order valence-electron chi connectivity index (χ0n) is 9.64. The summed E-state index contributed by atoms with van der Waals surface area (Å²) in [4.78, 5) is 0.252. The van der Waals surface area contributed by atoms with Gasteiger partial charge >= 0.3 is 0 Å². The largest absolute Gasteiger partial charge is 0.328 e. The Balaban J connectivity index is 2.30. The molecule has 0 spiro atoms. The number of hydrogen-bond donors (Lipinski definition) is 1. The third-order valence-electron chi connectivity index (χ3n) is 3.01. The maximum atomic E-state index is 12.4. The molecule has 1 fully saturated rings. The Labute approximate surface area is 120 Å². The summed E-state index contributed by atoms with van der Waals surface area (Å²) >= 11 is 9.06. The molecule has 0 bridgehead atoms. The van der Waals surface area contributed by atoms with E-state index < -0.39 is 10.0 Å². The molecule has 2 N–H and O–H groups in total. The Morgan fingerprint density at radius 1 is 1.33 bits per heavy atom. The van der Waals surface area contributed by atoms with Crippen LogP contribution in [0.5, 0.6) is 0 Å². The number of halogens is 2. The van der Waals surface area contributed by atoms with Gasteiger partial charge in [-0.3, -0.25) is 0 Å². The van der Waals surface area contributed by atoms with Crippen LogP contribution in [0.25, 0.3) is 0 Å². The molecule has 0 atom stereocenters. The van der Waals surface area contributed by atoms with Crippen molar-refractivity contribution in [2.24, 2.45) is 5.73 Å². The summed E-state index contributed by atoms with van der Waals surface area (Å²) in [5.74, 6) is 0. The monoisotopic (exact) mass is 352 g/mol. The highest BCUT2D eigenvalue weighted by molar-refractivity contribution is 9.10. The topological polar surface area (TPSA) is 63.4 Å². The van der Waals surface area contributed by atoms with Crippen LogP contribution in [0.3, 0.4) is 0 Å². The fourth-order valence-electron chi connectivity index (χ4n) is 1.94. The Kier molecular flexibility index (Phi) is 4.33. The van der Waals surface area contributed by atoms with Gasteiger partial charge in [0.15, 0.2) is 0 Å². The number of benzene rings is 1. The first-order valence-electron chi connectivity index (χ1n) is 5.62. The van der Waals surface area contributed by atoms with Gasteiger partial charge < -0.3 is 5.73 Å². The molecular weight excluding hydrogens is 340 g/mol. The van der Waals surface area contributed by atoms with E-state index in [2.05, 4.69) is 15.9 Å². The molecule has 0 amide bonds. The molecule has 1 aromatic rings. The average molecular weight is 354 g/mol. The zero-order valence-corrected chi connectivity index (χ0v) is 12.8. The number of sulfonamides is 1. The highest BCUT2D eigenvalue weighted by atomic mass is 79.9. The van der Waals surface area contributed by atoms with Crippen LogP contribution in [0.1, 0.15) is 12.8 Å². The first kappa shape index (κ1) is 14.3. The van der Waals surface area contributed by atoms with Crippen LogP contribution in [0.4, 0.5) is 0 Å². The second-order valence-electron chi connectivity index (χ2n) is 4.32. The Morgan fingerprint density at radius 2 is 1.94 bits per heavy atom. The summed E-state index contributed by atoms with van der Waals surface area (Å²) in [5, 5.41) is 0.501. The molecule has 0 aromatic heterocycles. The summed E-state index contributed by atoms with van der Waals surface area (Å²) < 4.78 is 26.8. The van der Waals surface area contributed by atoms with Crippen molar-refractivity contribution in [1.82, 2.24) is 4.31 Å². The number of nitrogens with zero attached hydrogens (tertiary/aromatic N) is 1. The summed E-state index contributed by atoms with van der Waals surface area (Å²) in [6.07, 6.45) is 1.40. The fourth-order valence-corrected chi connectivity index (χ4v) is 4.75. The molecule has 0 saturated carbocycles. The van der Waals surface area contributed by atoms with Gasteiger partial charge in [0, 0.05) is 28.6 Å². The van der Waals surface area contributed by atoms with Gasteiger partial charge in [-0.05, 0) is 47.0 Å². The average Bonchev–Trinajstić information content (AvgIpc) is 2.29. The van der Waals surface area contributed by atoms with Crippen molar-refractivity contribution >= 4 is 37.6 Å². The van der Waals surface area contributed by atoms with Gasteiger partial charge in [-0.15, -0.1) is 0 Å². The molecular formula is C11H14BrClN2O2S. The van der Waals surface area contributed by atoms with Gasteiger partial charge in [0.1, 0.15) is 0 Å². The molecule has 7 heteroatoms. The van der Waals surface area contributed by atoms with Crippen LogP contribution in [0.15, 0.2) is 27.6 Å². The van der Waals surface area contributed by atoms with Crippen molar-refractivity contribution in [1.29, 1.82) is 0 Å². The molecule has 0 radical (unpaired) electrons. The first-order chi connectivity index (χ1) is 8.41. The normalized spacial score (nSPS) is 19.1. The summed E-state index contributed by atoms with van der Waals surface area (Å²) in [7, 11) is -3.46. The van der Waals surface area contributed by atoms with Crippen LogP contribution in [-0.2, 0) is 10.0 Å². The first-order valence-corrected chi connectivity index (χ1v) is 8.23. The summed E-state index contributed by atoms with van der Waals surface area (Å²) in [6.45, 7) is 0.942. The van der Waals surface area contributed by atoms with E-state index in [9.17, 15) is 8.42 Å². The summed E-state index contributed by atoms with van der Waals surface area (Å²) in [5.41, 5.74) is 5.78. The van der Waals surface area contributed by atoms with Gasteiger partial charge in [-0.2, -0.15) is 4.31 Å². The van der Waals surface area contributed by atoms with E-state index >= 15 is 0 Å². The van der Waals surface area contributed by atoms with Crippen LogP contribution in [-0.4, -0.2) is 31.9 Å². The van der Waals surface area contributed by atoms with Crippen molar-refractivity contribution in [2.45, 2.75) is 23.8 Å². The van der Waals surface area contributed by atoms with Crippen molar-refractivity contribution in [3.8, 4) is 0 Å². The molecule has 1 aliphatic heterocycles. The van der Waals surface area contributed by atoms with E-state index in [4.69, 9.17) is 17.3 Å². The van der Waals surface area contributed by atoms with Crippen LogP contribution >= 0.6 is 27.5 Å². The minimum atomic E-state index is -3.46. The number of hydrogen-bond acceptors (Lipinski definition) is 3. The molecule has 2 rings (SSSR count). The molecule has 0 unspecified atom stereocenters. The predicted molar refractivity (Wildman–Crippen MR) is 75.1 cm³/mol. The Hall–Kier alpha value is -0.140. The van der Waals surface area contributed by atoms with Crippen molar-refractivity contribution in [3.05, 3.63) is 27.7 Å². The minimum absolute atomic E-state index is 0.102. The van der Waals surface area contributed by atoms with Crippen molar-refractivity contribution in [3.63, 3.8) is 0 Å². The van der Waals surface area contributed by atoms with E-state index in [1.54, 1.807) is 12.1 Å². The maximum Gasteiger partial charge on any atom is 0.244 e. The lowest BCUT2D eigenvalue weighted by molar-refractivity contribution is 0.320. The third kappa shape index (κ3) is 2.88. The van der Waals surface area contributed by atoms with Crippen LogP contribution < -0.4 is 5.73 Å². The van der Waals surface area contributed by atoms with Gasteiger partial charge in [0.05, 0.1) is 4.90 Å². The standard InChI is InChI=1S/C11H14BrClN2O2S/c12-10-7-8(13)1-2-11(10)18(16,17)15-5-3-9(14)4-6-15/h1-2,7,9H,3-6,14H2. The van der Waals surface area contributed by atoms with Gasteiger partial charge in [-0.25, -0.2) is 8.42 Å². The smallest absolute Gasteiger partial charge is 0.244 e. The van der Waals surface area contributed by atoms with E-state index in [1.807, 2.05) is 0 Å². The van der Waals surface area contributed by atoms with Gasteiger partial charge in [-0.1, -0.05) is 11.6 Å². The van der Waals surface area contributed by atoms with E-state index in [0.29, 0.717) is 35.4 Å². The second kappa shape index (κ2) is 5.46. The lowest BCUT2D eigenvalue weighted by Crippen LogP contribution is -2.42. The van der Waals surface area contributed by atoms with Crippen LogP contribution in [0.2, 0.25) is 5.02 Å². The molecule has 1 aromatic carbocycles. The highest BCUT2D eigenvalue weighted by Gasteiger charge is 2.29. The lowest BCUT2D eigenvalue weighted by Gasteiger charge is -2.29. The fraction of sp³-hybridized carbons (Fsp3) is 0.455. The van der Waals surface area contributed by atoms with Gasteiger partial charge in [0.25, 0.3) is 0 Å². The quantitative estimate of drug-likeness (QED) is 0.886. The lowest BCUT2D eigenvalue weighted by atomic mass is 10.1. The molecule has 1 heterocycles. The number of nitrogens with two attached hydrogens (primary N) is 1. The minimum Gasteiger partial charge on any atom is -0.328 e. The van der Waals surface area contributed by atoms with E-state index in [0.717, 1.165) is 0 Å². The Bertz CT molecular complexity index is 542. The van der Waals surface area contributed by atoms with Crippen LogP contribution in [0, 0.1) is 0 Å². The Morgan fingerprint density at radius 3 is 2.50 bits per heavy atom.